The maximum atomic E-state index is 13.3. The topological polar surface area (TPSA) is 70.6 Å². The van der Waals surface area contributed by atoms with E-state index in [0.29, 0.717) is 15.6 Å². The van der Waals surface area contributed by atoms with Gasteiger partial charge in [-0.05, 0) is 23.8 Å². The number of carbonyl (C=O) groups is 2. The van der Waals surface area contributed by atoms with Gasteiger partial charge in [-0.15, -0.1) is 0 Å². The smallest absolute Gasteiger partial charge is 0.329 e. The lowest BCUT2D eigenvalue weighted by atomic mass is 10.2. The van der Waals surface area contributed by atoms with Crippen LogP contribution in [0.15, 0.2) is 47.6 Å². The van der Waals surface area contributed by atoms with E-state index in [9.17, 15) is 14.0 Å². The SMILES string of the molecule is O=C(NCc1ccc(Cl)cc1Cl)C(=O)N/N=C/c1ccccc1F. The number of hydrazone groups is 1. The van der Waals surface area contributed by atoms with E-state index in [1.807, 2.05) is 5.43 Å². The number of hydrogen-bond donors (Lipinski definition) is 2. The molecule has 8 heteroatoms. The lowest BCUT2D eigenvalue weighted by Gasteiger charge is -2.06. The third kappa shape index (κ3) is 5.04. The zero-order valence-corrected chi connectivity index (χ0v) is 13.7. The summed E-state index contributed by atoms with van der Waals surface area (Å²) in [7, 11) is 0. The molecule has 0 spiro atoms. The van der Waals surface area contributed by atoms with Crippen LogP contribution in [0.1, 0.15) is 11.1 Å². The first kappa shape index (κ1) is 17.9. The molecule has 2 aromatic rings. The number of rotatable bonds is 4. The van der Waals surface area contributed by atoms with E-state index in [1.165, 1.54) is 24.3 Å². The molecule has 0 heterocycles. The number of halogens is 3. The second-order valence-electron chi connectivity index (χ2n) is 4.64. The van der Waals surface area contributed by atoms with Gasteiger partial charge in [0.2, 0.25) is 0 Å². The van der Waals surface area contributed by atoms with Crippen LogP contribution in [0.25, 0.3) is 0 Å². The molecule has 0 radical (unpaired) electrons. The van der Waals surface area contributed by atoms with Crippen LogP contribution in [-0.4, -0.2) is 18.0 Å². The van der Waals surface area contributed by atoms with Gasteiger partial charge in [-0.2, -0.15) is 5.10 Å². The Hall–Kier alpha value is -2.44. The Morgan fingerprint density at radius 1 is 1.12 bits per heavy atom. The van der Waals surface area contributed by atoms with E-state index < -0.39 is 17.6 Å². The second kappa shape index (κ2) is 8.42. The highest BCUT2D eigenvalue weighted by atomic mass is 35.5. The molecular formula is C16H12Cl2FN3O2. The monoisotopic (exact) mass is 367 g/mol. The highest BCUT2D eigenvalue weighted by Gasteiger charge is 2.13. The molecule has 0 atom stereocenters. The van der Waals surface area contributed by atoms with Crippen molar-refractivity contribution in [1.82, 2.24) is 10.7 Å². The fourth-order valence-electron chi connectivity index (χ4n) is 1.71. The predicted molar refractivity (Wildman–Crippen MR) is 90.4 cm³/mol. The van der Waals surface area contributed by atoms with E-state index in [0.717, 1.165) is 6.21 Å². The summed E-state index contributed by atoms with van der Waals surface area (Å²) in [4.78, 5) is 23.3. The minimum Gasteiger partial charge on any atom is -0.344 e. The lowest BCUT2D eigenvalue weighted by molar-refractivity contribution is -0.139. The molecule has 24 heavy (non-hydrogen) atoms. The second-order valence-corrected chi connectivity index (χ2v) is 5.48. The van der Waals surface area contributed by atoms with Crippen molar-refractivity contribution in [3.05, 3.63) is 69.5 Å². The first-order valence-corrected chi connectivity index (χ1v) is 7.52. The number of benzene rings is 2. The van der Waals surface area contributed by atoms with Gasteiger partial charge in [0.15, 0.2) is 0 Å². The van der Waals surface area contributed by atoms with E-state index in [1.54, 1.807) is 18.2 Å². The molecule has 2 amide bonds. The molecule has 0 aliphatic heterocycles. The molecule has 0 bridgehead atoms. The summed E-state index contributed by atoms with van der Waals surface area (Å²) in [6.07, 6.45) is 1.11. The Kier molecular flexibility index (Phi) is 6.28. The maximum Gasteiger partial charge on any atom is 0.329 e. The zero-order valence-electron chi connectivity index (χ0n) is 12.2. The number of nitrogens with zero attached hydrogens (tertiary/aromatic N) is 1. The summed E-state index contributed by atoms with van der Waals surface area (Å²) < 4.78 is 13.3. The molecule has 5 nitrogen and oxygen atoms in total. The first-order valence-electron chi connectivity index (χ1n) is 6.77. The molecule has 2 aromatic carbocycles. The Morgan fingerprint density at radius 3 is 2.58 bits per heavy atom. The van der Waals surface area contributed by atoms with Crippen molar-refractivity contribution in [2.75, 3.05) is 0 Å². The molecule has 0 fully saturated rings. The van der Waals surface area contributed by atoms with Crippen molar-refractivity contribution in [3.63, 3.8) is 0 Å². The van der Waals surface area contributed by atoms with Crippen molar-refractivity contribution in [3.8, 4) is 0 Å². The van der Waals surface area contributed by atoms with Gasteiger partial charge in [0.1, 0.15) is 5.82 Å². The predicted octanol–water partition coefficient (Wildman–Crippen LogP) is 2.90. The molecule has 0 unspecified atom stereocenters. The number of hydrogen-bond acceptors (Lipinski definition) is 3. The molecule has 2 rings (SSSR count). The van der Waals surface area contributed by atoms with Gasteiger partial charge < -0.3 is 5.32 Å². The summed E-state index contributed by atoms with van der Waals surface area (Å²) in [5.74, 6) is -2.36. The summed E-state index contributed by atoms with van der Waals surface area (Å²) in [5, 5.41) is 6.77. The number of amides is 2. The van der Waals surface area contributed by atoms with Crippen LogP contribution < -0.4 is 10.7 Å². The molecule has 0 aliphatic carbocycles. The van der Waals surface area contributed by atoms with Crippen molar-refractivity contribution in [2.24, 2.45) is 5.10 Å². The van der Waals surface area contributed by atoms with Gasteiger partial charge in [0.05, 0.1) is 6.21 Å². The highest BCUT2D eigenvalue weighted by Crippen LogP contribution is 2.20. The Bertz CT molecular complexity index is 797. The molecular weight excluding hydrogens is 356 g/mol. The van der Waals surface area contributed by atoms with Gasteiger partial charge in [0, 0.05) is 22.2 Å². The normalized spacial score (nSPS) is 10.6. The zero-order chi connectivity index (χ0) is 17.5. The first-order chi connectivity index (χ1) is 11.5. The highest BCUT2D eigenvalue weighted by molar-refractivity contribution is 6.36. The van der Waals surface area contributed by atoms with Crippen LogP contribution >= 0.6 is 23.2 Å². The quantitative estimate of drug-likeness (QED) is 0.495. The fourth-order valence-corrected chi connectivity index (χ4v) is 2.19. The van der Waals surface area contributed by atoms with E-state index in [2.05, 4.69) is 10.4 Å². The minimum atomic E-state index is -0.979. The van der Waals surface area contributed by atoms with E-state index in [-0.39, 0.29) is 12.1 Å². The van der Waals surface area contributed by atoms with E-state index in [4.69, 9.17) is 23.2 Å². The fraction of sp³-hybridized carbons (Fsp3) is 0.0625. The lowest BCUT2D eigenvalue weighted by Crippen LogP contribution is -2.37. The standard InChI is InChI=1S/C16H12Cl2FN3O2/c17-12-6-5-10(13(18)7-12)8-20-15(23)16(24)22-21-9-11-3-1-2-4-14(11)19/h1-7,9H,8H2,(H,20,23)(H,22,24)/b21-9+. The number of nitrogens with one attached hydrogen (secondary N) is 2. The minimum absolute atomic E-state index is 0.0548. The van der Waals surface area contributed by atoms with Crippen LogP contribution in [0.3, 0.4) is 0 Å². The molecule has 124 valence electrons. The van der Waals surface area contributed by atoms with Gasteiger partial charge >= 0.3 is 11.8 Å². The average molecular weight is 368 g/mol. The average Bonchev–Trinajstić information content (AvgIpc) is 2.55. The molecule has 2 N–H and O–H groups in total. The van der Waals surface area contributed by atoms with Crippen LogP contribution in [0.5, 0.6) is 0 Å². The summed E-state index contributed by atoms with van der Waals surface area (Å²) >= 11 is 11.7. The largest absolute Gasteiger partial charge is 0.344 e. The van der Waals surface area contributed by atoms with Gasteiger partial charge in [-0.1, -0.05) is 47.5 Å². The van der Waals surface area contributed by atoms with Crippen molar-refractivity contribution in [1.29, 1.82) is 0 Å². The van der Waals surface area contributed by atoms with Gasteiger partial charge in [0.25, 0.3) is 0 Å². The van der Waals surface area contributed by atoms with Gasteiger partial charge in [-0.3, -0.25) is 9.59 Å². The van der Waals surface area contributed by atoms with Crippen molar-refractivity contribution < 1.29 is 14.0 Å². The van der Waals surface area contributed by atoms with Crippen LogP contribution in [0.2, 0.25) is 10.0 Å². The molecule has 0 saturated carbocycles. The van der Waals surface area contributed by atoms with Gasteiger partial charge in [-0.25, -0.2) is 9.82 Å². The van der Waals surface area contributed by atoms with Crippen molar-refractivity contribution in [2.45, 2.75) is 6.54 Å². The van der Waals surface area contributed by atoms with Crippen molar-refractivity contribution >= 4 is 41.2 Å². The summed E-state index contributed by atoms with van der Waals surface area (Å²) in [6.45, 7) is 0.0548. The summed E-state index contributed by atoms with van der Waals surface area (Å²) in [6, 6.07) is 10.7. The molecule has 0 aliphatic rings. The third-order valence-corrected chi connectivity index (χ3v) is 3.52. The Morgan fingerprint density at radius 2 is 1.88 bits per heavy atom. The van der Waals surface area contributed by atoms with E-state index >= 15 is 0 Å². The van der Waals surface area contributed by atoms with Crippen LogP contribution in [0, 0.1) is 5.82 Å². The third-order valence-electron chi connectivity index (χ3n) is 2.94. The summed E-state index contributed by atoms with van der Waals surface area (Å²) in [5.41, 5.74) is 2.81. The Balaban J connectivity index is 1.86. The Labute approximate surface area is 147 Å². The molecule has 0 saturated heterocycles. The van der Waals surface area contributed by atoms with Crippen LogP contribution in [0.4, 0.5) is 4.39 Å². The number of carbonyl (C=O) groups excluding carboxylic acids is 2. The van der Waals surface area contributed by atoms with Crippen LogP contribution in [-0.2, 0) is 16.1 Å². The maximum absolute atomic E-state index is 13.3. The molecule has 0 aromatic heterocycles.